The summed E-state index contributed by atoms with van der Waals surface area (Å²) in [4.78, 5) is 0. The molecule has 0 aliphatic heterocycles. The highest BCUT2D eigenvalue weighted by atomic mass is 19.2. The van der Waals surface area contributed by atoms with E-state index in [1.807, 2.05) is 42.5 Å². The highest BCUT2D eigenvalue weighted by Gasteiger charge is 2.16. The molecule has 0 heterocycles. The van der Waals surface area contributed by atoms with Gasteiger partial charge in [-0.05, 0) is 59.7 Å². The largest absolute Gasteiger partial charge is 0.491 e. The van der Waals surface area contributed by atoms with Gasteiger partial charge in [-0.25, -0.2) is 13.2 Å². The van der Waals surface area contributed by atoms with Crippen LogP contribution in [0, 0.1) is 17.5 Å². The van der Waals surface area contributed by atoms with Crippen LogP contribution >= 0.6 is 0 Å². The van der Waals surface area contributed by atoms with Crippen LogP contribution < -0.4 is 4.74 Å². The minimum Gasteiger partial charge on any atom is -0.491 e. The van der Waals surface area contributed by atoms with E-state index in [-0.39, 0.29) is 16.9 Å². The molecule has 0 radical (unpaired) electrons. The summed E-state index contributed by atoms with van der Waals surface area (Å²) in [7, 11) is 0. The van der Waals surface area contributed by atoms with Gasteiger partial charge >= 0.3 is 0 Å². The van der Waals surface area contributed by atoms with Crippen molar-refractivity contribution in [3.8, 4) is 28.0 Å². The molecule has 0 saturated heterocycles. The van der Waals surface area contributed by atoms with E-state index in [1.165, 1.54) is 24.5 Å². The highest BCUT2D eigenvalue weighted by molar-refractivity contribution is 5.74. The summed E-state index contributed by atoms with van der Waals surface area (Å²) >= 11 is 0. The van der Waals surface area contributed by atoms with Crippen molar-refractivity contribution in [3.05, 3.63) is 113 Å². The molecular formula is C33H31F3O. The maximum absolute atomic E-state index is 15.1. The minimum atomic E-state index is -0.863. The average molecular weight is 501 g/mol. The Morgan fingerprint density at radius 2 is 1.22 bits per heavy atom. The smallest absolute Gasteiger partial charge is 0.167 e. The Morgan fingerprint density at radius 3 is 1.78 bits per heavy atom. The topological polar surface area (TPSA) is 9.23 Å². The molecule has 0 spiro atoms. The zero-order chi connectivity index (χ0) is 26.2. The molecule has 0 fully saturated rings. The Bertz CT molecular complexity index is 1360. The average Bonchev–Trinajstić information content (AvgIpc) is 2.91. The summed E-state index contributed by atoms with van der Waals surface area (Å²) in [5, 5.41) is 0. The molecule has 0 amide bonds. The Kier molecular flexibility index (Phi) is 8.84. The van der Waals surface area contributed by atoms with Gasteiger partial charge in [0.25, 0.3) is 0 Å². The summed E-state index contributed by atoms with van der Waals surface area (Å²) in [6.07, 6.45) is 8.10. The number of ether oxygens (including phenoxy) is 1. The Morgan fingerprint density at radius 1 is 0.649 bits per heavy atom. The lowest BCUT2D eigenvalue weighted by Gasteiger charge is -2.10. The first-order valence-corrected chi connectivity index (χ1v) is 12.8. The van der Waals surface area contributed by atoms with Crippen molar-refractivity contribution in [2.75, 3.05) is 6.61 Å². The number of halogens is 3. The molecule has 0 N–H and O–H groups in total. The van der Waals surface area contributed by atoms with E-state index in [2.05, 4.69) is 6.92 Å². The molecule has 0 aliphatic rings. The van der Waals surface area contributed by atoms with Gasteiger partial charge < -0.3 is 4.74 Å². The monoisotopic (exact) mass is 500 g/mol. The molecule has 4 heteroatoms. The maximum Gasteiger partial charge on any atom is 0.167 e. The second-order valence-electron chi connectivity index (χ2n) is 9.02. The third-order valence-corrected chi connectivity index (χ3v) is 6.36. The molecule has 190 valence electrons. The van der Waals surface area contributed by atoms with Crippen molar-refractivity contribution in [2.45, 2.75) is 39.5 Å². The predicted molar refractivity (Wildman–Crippen MR) is 147 cm³/mol. The van der Waals surface area contributed by atoms with Crippen molar-refractivity contribution in [1.29, 1.82) is 0 Å². The number of rotatable bonds is 10. The van der Waals surface area contributed by atoms with Crippen LogP contribution in [0.2, 0.25) is 0 Å². The summed E-state index contributed by atoms with van der Waals surface area (Å²) in [5.74, 6) is -1.90. The first-order chi connectivity index (χ1) is 18.0. The minimum absolute atomic E-state index is 0.210. The van der Waals surface area contributed by atoms with E-state index in [9.17, 15) is 4.39 Å². The quantitative estimate of drug-likeness (QED) is 0.156. The van der Waals surface area contributed by atoms with Crippen LogP contribution in [0.25, 0.3) is 34.4 Å². The van der Waals surface area contributed by atoms with Gasteiger partial charge in [0.2, 0.25) is 0 Å². The lowest BCUT2D eigenvalue weighted by atomic mass is 9.97. The van der Waals surface area contributed by atoms with Crippen LogP contribution in [0.4, 0.5) is 13.2 Å². The fourth-order valence-corrected chi connectivity index (χ4v) is 4.29. The number of unbranched alkanes of at least 4 members (excludes halogenated alkanes) is 2. The molecule has 0 saturated carbocycles. The van der Waals surface area contributed by atoms with Gasteiger partial charge in [-0.1, -0.05) is 98.6 Å². The number of benzene rings is 4. The number of hydrogen-bond donors (Lipinski definition) is 0. The fraction of sp³-hybridized carbons (Fsp3) is 0.212. The number of aryl methyl sites for hydroxylation is 1. The standard InChI is InChI=1S/C33H31F3O/c1-3-5-6-7-23-10-15-26(16-11-23)28-19-20-29(33(36)32(28)35)27-17-12-24(13-18-27)8-9-25-14-21-31(37-4-2)30(34)22-25/h8-22H,3-7H2,1-2H3/b9-8+. The molecule has 0 unspecified atom stereocenters. The van der Waals surface area contributed by atoms with Gasteiger partial charge in [-0.2, -0.15) is 0 Å². The Hall–Kier alpha value is -3.79. The van der Waals surface area contributed by atoms with Gasteiger partial charge in [0, 0.05) is 11.1 Å². The van der Waals surface area contributed by atoms with E-state index in [0.29, 0.717) is 23.3 Å². The van der Waals surface area contributed by atoms with Crippen LogP contribution in [0.1, 0.15) is 49.8 Å². The third kappa shape index (κ3) is 6.51. The Labute approximate surface area is 217 Å². The second-order valence-corrected chi connectivity index (χ2v) is 9.02. The number of hydrogen-bond acceptors (Lipinski definition) is 1. The lowest BCUT2D eigenvalue weighted by molar-refractivity contribution is 0.321. The third-order valence-electron chi connectivity index (χ3n) is 6.36. The lowest BCUT2D eigenvalue weighted by Crippen LogP contribution is -1.94. The fourth-order valence-electron chi connectivity index (χ4n) is 4.29. The zero-order valence-electron chi connectivity index (χ0n) is 21.2. The zero-order valence-corrected chi connectivity index (χ0v) is 21.2. The summed E-state index contributed by atoms with van der Waals surface area (Å²) < 4.78 is 49.4. The van der Waals surface area contributed by atoms with Crippen molar-refractivity contribution in [2.24, 2.45) is 0 Å². The molecule has 4 aromatic carbocycles. The Balaban J connectivity index is 1.48. The van der Waals surface area contributed by atoms with Crippen LogP contribution in [0.3, 0.4) is 0 Å². The van der Waals surface area contributed by atoms with Crippen molar-refractivity contribution in [3.63, 3.8) is 0 Å². The van der Waals surface area contributed by atoms with E-state index in [4.69, 9.17) is 4.74 Å². The molecule has 1 nitrogen and oxygen atoms in total. The van der Waals surface area contributed by atoms with Crippen LogP contribution in [-0.4, -0.2) is 6.61 Å². The molecule has 0 aromatic heterocycles. The van der Waals surface area contributed by atoms with E-state index in [0.717, 1.165) is 18.4 Å². The van der Waals surface area contributed by atoms with E-state index < -0.39 is 17.5 Å². The molecular weight excluding hydrogens is 469 g/mol. The SMILES string of the molecule is CCCCCc1ccc(-c2ccc(-c3ccc(/C=C/c4ccc(OCC)c(F)c4)cc3)c(F)c2F)cc1. The van der Waals surface area contributed by atoms with Gasteiger partial charge in [-0.15, -0.1) is 0 Å². The van der Waals surface area contributed by atoms with Crippen molar-refractivity contribution < 1.29 is 17.9 Å². The van der Waals surface area contributed by atoms with Crippen molar-refractivity contribution >= 4 is 12.2 Å². The molecule has 0 atom stereocenters. The first kappa shape index (κ1) is 26.3. The molecule has 37 heavy (non-hydrogen) atoms. The summed E-state index contributed by atoms with van der Waals surface area (Å²) in [6, 6.07) is 22.9. The molecule has 0 bridgehead atoms. The normalized spacial score (nSPS) is 11.3. The summed E-state index contributed by atoms with van der Waals surface area (Å²) in [6.45, 7) is 4.38. The van der Waals surface area contributed by atoms with Gasteiger partial charge in [0.05, 0.1) is 6.61 Å². The van der Waals surface area contributed by atoms with Crippen LogP contribution in [0.5, 0.6) is 5.75 Å². The highest BCUT2D eigenvalue weighted by Crippen LogP contribution is 2.32. The van der Waals surface area contributed by atoms with Crippen LogP contribution in [0.15, 0.2) is 78.9 Å². The van der Waals surface area contributed by atoms with E-state index in [1.54, 1.807) is 49.4 Å². The van der Waals surface area contributed by atoms with Crippen molar-refractivity contribution in [1.82, 2.24) is 0 Å². The molecule has 4 aromatic rings. The second kappa shape index (κ2) is 12.4. The molecule has 4 rings (SSSR count). The van der Waals surface area contributed by atoms with Crippen LogP contribution in [-0.2, 0) is 6.42 Å². The van der Waals surface area contributed by atoms with E-state index >= 15 is 8.78 Å². The molecule has 0 aliphatic carbocycles. The summed E-state index contributed by atoms with van der Waals surface area (Å²) in [5.41, 5.74) is 4.46. The maximum atomic E-state index is 15.1. The van der Waals surface area contributed by atoms with Gasteiger partial charge in [0.1, 0.15) is 0 Å². The first-order valence-electron chi connectivity index (χ1n) is 12.8. The van der Waals surface area contributed by atoms with Gasteiger partial charge in [-0.3, -0.25) is 0 Å². The van der Waals surface area contributed by atoms with Gasteiger partial charge in [0.15, 0.2) is 23.2 Å². The predicted octanol–water partition coefficient (Wildman–Crippen LogP) is 9.74.